The molecule has 0 radical (unpaired) electrons. The first-order valence-corrected chi connectivity index (χ1v) is 3.77. The van der Waals surface area contributed by atoms with Crippen molar-refractivity contribution in [2.75, 3.05) is 0 Å². The predicted molar refractivity (Wildman–Crippen MR) is 43.5 cm³/mol. The molecule has 3 atom stereocenters. The first kappa shape index (κ1) is 9.52. The molecular weight excluding hydrogens is 124 g/mol. The minimum absolute atomic E-state index is 0.0186. The van der Waals surface area contributed by atoms with Gasteiger partial charge in [-0.1, -0.05) is 20.3 Å². The summed E-state index contributed by atoms with van der Waals surface area (Å²) >= 11 is 0. The van der Waals surface area contributed by atoms with Crippen molar-refractivity contribution in [2.45, 2.75) is 33.3 Å². The van der Waals surface area contributed by atoms with Gasteiger partial charge < -0.3 is 5.11 Å². The highest BCUT2D eigenvalue weighted by Gasteiger charge is 2.17. The first-order chi connectivity index (χ1) is 4.63. The van der Waals surface area contributed by atoms with Gasteiger partial charge in [0.05, 0.1) is 6.10 Å². The van der Waals surface area contributed by atoms with E-state index in [1.54, 1.807) is 0 Å². The van der Waals surface area contributed by atoms with E-state index in [2.05, 4.69) is 12.8 Å². The summed E-state index contributed by atoms with van der Waals surface area (Å²) < 4.78 is 0. The molecule has 0 unspecified atom stereocenters. The molecular formula is C9H16O. The van der Waals surface area contributed by atoms with Gasteiger partial charge in [-0.3, -0.25) is 0 Å². The highest BCUT2D eigenvalue weighted by molar-refractivity contribution is 4.95. The summed E-state index contributed by atoms with van der Waals surface area (Å²) in [5, 5.41) is 9.44. The Morgan fingerprint density at radius 1 is 1.50 bits per heavy atom. The smallest absolute Gasteiger partial charge is 0.0700 e. The number of terminal acetylenes is 1. The molecule has 1 N–H and O–H groups in total. The summed E-state index contributed by atoms with van der Waals surface area (Å²) in [7, 11) is 0. The van der Waals surface area contributed by atoms with E-state index in [0.717, 1.165) is 6.42 Å². The van der Waals surface area contributed by atoms with Crippen molar-refractivity contribution in [3.63, 3.8) is 0 Å². The fourth-order valence-corrected chi connectivity index (χ4v) is 0.833. The second kappa shape index (κ2) is 4.35. The predicted octanol–water partition coefficient (Wildman–Crippen LogP) is 1.66. The van der Waals surface area contributed by atoms with Gasteiger partial charge in [0.25, 0.3) is 0 Å². The maximum absolute atomic E-state index is 9.44. The van der Waals surface area contributed by atoms with Crippen LogP contribution in [0.5, 0.6) is 0 Å². The van der Waals surface area contributed by atoms with E-state index in [1.807, 2.05) is 13.8 Å². The molecule has 0 aromatic heterocycles. The molecule has 0 heterocycles. The fraction of sp³-hybridized carbons (Fsp3) is 0.778. The van der Waals surface area contributed by atoms with Crippen LogP contribution in [0.15, 0.2) is 0 Å². The minimum Gasteiger partial charge on any atom is -0.392 e. The van der Waals surface area contributed by atoms with Crippen molar-refractivity contribution in [1.82, 2.24) is 0 Å². The third-order valence-corrected chi connectivity index (χ3v) is 2.00. The molecule has 58 valence electrons. The molecule has 0 amide bonds. The average Bonchev–Trinajstić information content (AvgIpc) is 2.00. The monoisotopic (exact) mass is 140 g/mol. The molecule has 0 aliphatic carbocycles. The second-order valence-electron chi connectivity index (χ2n) is 2.83. The number of aliphatic hydroxyl groups is 1. The molecule has 0 aromatic carbocycles. The van der Waals surface area contributed by atoms with Crippen LogP contribution in [0.1, 0.15) is 27.2 Å². The zero-order chi connectivity index (χ0) is 8.15. The van der Waals surface area contributed by atoms with Gasteiger partial charge in [-0.05, 0) is 12.8 Å². The maximum Gasteiger partial charge on any atom is 0.0700 e. The highest BCUT2D eigenvalue weighted by atomic mass is 16.3. The molecule has 10 heavy (non-hydrogen) atoms. The maximum atomic E-state index is 9.44. The SMILES string of the molecule is C#C[C@H](C)[C@H](O)[C@@H](C)CC. The zero-order valence-electron chi connectivity index (χ0n) is 6.96. The Bertz CT molecular complexity index is 123. The molecule has 0 aliphatic rings. The quantitative estimate of drug-likeness (QED) is 0.591. The Labute approximate surface area is 63.5 Å². The van der Waals surface area contributed by atoms with Crippen LogP contribution in [-0.4, -0.2) is 11.2 Å². The van der Waals surface area contributed by atoms with Crippen molar-refractivity contribution in [3.05, 3.63) is 0 Å². The number of rotatable bonds is 3. The van der Waals surface area contributed by atoms with Gasteiger partial charge in [-0.25, -0.2) is 0 Å². The normalized spacial score (nSPS) is 19.1. The standard InChI is InChI=1S/C9H16O/c1-5-7(3)9(10)8(4)6-2/h1,7-10H,6H2,2-4H3/t7-,8-,9-/m0/s1. The van der Waals surface area contributed by atoms with E-state index in [0.29, 0.717) is 5.92 Å². The summed E-state index contributed by atoms with van der Waals surface area (Å²) in [6.45, 7) is 5.94. The van der Waals surface area contributed by atoms with E-state index in [-0.39, 0.29) is 12.0 Å². The van der Waals surface area contributed by atoms with Crippen molar-refractivity contribution in [2.24, 2.45) is 11.8 Å². The number of hydrogen-bond donors (Lipinski definition) is 1. The minimum atomic E-state index is -0.338. The van der Waals surface area contributed by atoms with Gasteiger partial charge in [0, 0.05) is 5.92 Å². The lowest BCUT2D eigenvalue weighted by Gasteiger charge is -2.19. The Morgan fingerprint density at radius 3 is 2.30 bits per heavy atom. The largest absolute Gasteiger partial charge is 0.392 e. The van der Waals surface area contributed by atoms with Gasteiger partial charge in [0.2, 0.25) is 0 Å². The molecule has 1 heteroatoms. The summed E-state index contributed by atoms with van der Waals surface area (Å²) in [6, 6.07) is 0. The van der Waals surface area contributed by atoms with Crippen LogP contribution in [0.2, 0.25) is 0 Å². The number of hydrogen-bond acceptors (Lipinski definition) is 1. The van der Waals surface area contributed by atoms with Crippen LogP contribution in [0.25, 0.3) is 0 Å². The van der Waals surface area contributed by atoms with Crippen LogP contribution in [0, 0.1) is 24.2 Å². The van der Waals surface area contributed by atoms with Crippen molar-refractivity contribution in [3.8, 4) is 12.3 Å². The molecule has 0 aliphatic heterocycles. The van der Waals surface area contributed by atoms with Gasteiger partial charge in [0.15, 0.2) is 0 Å². The third kappa shape index (κ3) is 2.41. The van der Waals surface area contributed by atoms with Gasteiger partial charge in [-0.15, -0.1) is 12.3 Å². The second-order valence-corrected chi connectivity index (χ2v) is 2.83. The highest BCUT2D eigenvalue weighted by Crippen LogP contribution is 2.14. The van der Waals surface area contributed by atoms with Crippen molar-refractivity contribution in [1.29, 1.82) is 0 Å². The Hall–Kier alpha value is -0.480. The zero-order valence-corrected chi connectivity index (χ0v) is 6.96. The summed E-state index contributed by atoms with van der Waals surface area (Å²) in [5.74, 6) is 2.82. The van der Waals surface area contributed by atoms with Crippen LogP contribution < -0.4 is 0 Å². The Kier molecular flexibility index (Phi) is 4.14. The average molecular weight is 140 g/mol. The van der Waals surface area contributed by atoms with Crippen molar-refractivity contribution >= 4 is 0 Å². The molecule has 0 rings (SSSR count). The van der Waals surface area contributed by atoms with E-state index >= 15 is 0 Å². The number of aliphatic hydroxyl groups excluding tert-OH is 1. The molecule has 0 saturated carbocycles. The van der Waals surface area contributed by atoms with Crippen LogP contribution in [0.4, 0.5) is 0 Å². The Morgan fingerprint density at radius 2 is 2.00 bits per heavy atom. The molecule has 0 spiro atoms. The van der Waals surface area contributed by atoms with Gasteiger partial charge >= 0.3 is 0 Å². The van der Waals surface area contributed by atoms with E-state index in [9.17, 15) is 5.11 Å². The van der Waals surface area contributed by atoms with Crippen LogP contribution >= 0.6 is 0 Å². The van der Waals surface area contributed by atoms with Crippen LogP contribution in [-0.2, 0) is 0 Å². The Balaban J connectivity index is 3.84. The van der Waals surface area contributed by atoms with E-state index < -0.39 is 0 Å². The van der Waals surface area contributed by atoms with E-state index in [1.165, 1.54) is 0 Å². The molecule has 0 aromatic rings. The summed E-state index contributed by atoms with van der Waals surface area (Å²) in [6.07, 6.45) is 5.80. The fourth-order valence-electron chi connectivity index (χ4n) is 0.833. The van der Waals surface area contributed by atoms with Gasteiger partial charge in [-0.2, -0.15) is 0 Å². The lowest BCUT2D eigenvalue weighted by atomic mass is 9.92. The third-order valence-electron chi connectivity index (χ3n) is 2.00. The topological polar surface area (TPSA) is 20.2 Å². The summed E-state index contributed by atoms with van der Waals surface area (Å²) in [4.78, 5) is 0. The summed E-state index contributed by atoms with van der Waals surface area (Å²) in [5.41, 5.74) is 0. The van der Waals surface area contributed by atoms with Crippen molar-refractivity contribution < 1.29 is 5.11 Å². The van der Waals surface area contributed by atoms with Gasteiger partial charge in [0.1, 0.15) is 0 Å². The lowest BCUT2D eigenvalue weighted by Crippen LogP contribution is -2.23. The molecule has 0 bridgehead atoms. The lowest BCUT2D eigenvalue weighted by molar-refractivity contribution is 0.0847. The molecule has 1 nitrogen and oxygen atoms in total. The molecule has 0 fully saturated rings. The van der Waals surface area contributed by atoms with E-state index in [4.69, 9.17) is 6.42 Å². The van der Waals surface area contributed by atoms with Crippen LogP contribution in [0.3, 0.4) is 0 Å². The molecule has 0 saturated heterocycles. The first-order valence-electron chi connectivity index (χ1n) is 3.77.